The largest absolute Gasteiger partial charge is 0.497 e. The SMILES string of the molecule is COc1cccc(-c2noc(N(C)Cc3ccc(SC)cc3)n2)c1. The molecule has 3 rings (SSSR count). The van der Waals surface area contributed by atoms with Crippen LogP contribution in [0.2, 0.25) is 0 Å². The Morgan fingerprint density at radius 1 is 1.17 bits per heavy atom. The van der Waals surface area contributed by atoms with Crippen molar-refractivity contribution in [2.75, 3.05) is 25.3 Å². The van der Waals surface area contributed by atoms with Gasteiger partial charge in [-0.05, 0) is 36.1 Å². The molecule has 0 saturated heterocycles. The molecule has 0 aliphatic carbocycles. The van der Waals surface area contributed by atoms with Gasteiger partial charge in [0, 0.05) is 24.1 Å². The lowest BCUT2D eigenvalue weighted by Gasteiger charge is -2.13. The summed E-state index contributed by atoms with van der Waals surface area (Å²) in [5.41, 5.74) is 2.05. The number of benzene rings is 2. The van der Waals surface area contributed by atoms with E-state index in [9.17, 15) is 0 Å². The molecule has 0 aliphatic rings. The molecule has 1 aromatic heterocycles. The molecule has 0 spiro atoms. The summed E-state index contributed by atoms with van der Waals surface area (Å²) in [6, 6.07) is 16.5. The molecule has 3 aromatic rings. The van der Waals surface area contributed by atoms with E-state index in [0.29, 0.717) is 18.4 Å². The van der Waals surface area contributed by atoms with Crippen LogP contribution in [-0.2, 0) is 6.54 Å². The second kappa shape index (κ2) is 7.40. The van der Waals surface area contributed by atoms with Crippen LogP contribution in [0.1, 0.15) is 5.56 Å². The summed E-state index contributed by atoms with van der Waals surface area (Å²) >= 11 is 1.73. The van der Waals surface area contributed by atoms with Crippen molar-refractivity contribution in [3.8, 4) is 17.1 Å². The predicted molar refractivity (Wildman–Crippen MR) is 96.6 cm³/mol. The van der Waals surface area contributed by atoms with Gasteiger partial charge >= 0.3 is 6.01 Å². The van der Waals surface area contributed by atoms with Gasteiger partial charge in [-0.15, -0.1) is 11.8 Å². The minimum Gasteiger partial charge on any atom is -0.497 e. The monoisotopic (exact) mass is 341 g/mol. The van der Waals surface area contributed by atoms with Crippen LogP contribution in [0.5, 0.6) is 5.75 Å². The van der Waals surface area contributed by atoms with Gasteiger partial charge in [-0.25, -0.2) is 0 Å². The highest BCUT2D eigenvalue weighted by molar-refractivity contribution is 7.98. The zero-order valence-corrected chi connectivity index (χ0v) is 14.7. The normalized spacial score (nSPS) is 10.6. The molecule has 24 heavy (non-hydrogen) atoms. The first-order valence-electron chi connectivity index (χ1n) is 7.52. The van der Waals surface area contributed by atoms with Gasteiger partial charge in [0.25, 0.3) is 0 Å². The molecule has 0 fully saturated rings. The number of hydrogen-bond acceptors (Lipinski definition) is 6. The third-order valence-electron chi connectivity index (χ3n) is 3.65. The van der Waals surface area contributed by atoms with Crippen molar-refractivity contribution in [1.29, 1.82) is 0 Å². The van der Waals surface area contributed by atoms with Gasteiger partial charge in [-0.3, -0.25) is 0 Å². The molecule has 0 N–H and O–H groups in total. The zero-order chi connectivity index (χ0) is 16.9. The molecule has 5 nitrogen and oxygen atoms in total. The third-order valence-corrected chi connectivity index (χ3v) is 4.39. The molecule has 6 heteroatoms. The zero-order valence-electron chi connectivity index (χ0n) is 13.9. The van der Waals surface area contributed by atoms with Crippen molar-refractivity contribution < 1.29 is 9.26 Å². The van der Waals surface area contributed by atoms with Crippen LogP contribution in [-0.4, -0.2) is 30.6 Å². The van der Waals surface area contributed by atoms with E-state index >= 15 is 0 Å². The summed E-state index contributed by atoms with van der Waals surface area (Å²) in [6.07, 6.45) is 2.07. The summed E-state index contributed by atoms with van der Waals surface area (Å²) in [7, 11) is 3.57. The molecule has 1 heterocycles. The molecule has 0 saturated carbocycles. The van der Waals surface area contributed by atoms with Crippen molar-refractivity contribution in [3.05, 3.63) is 54.1 Å². The first kappa shape index (κ1) is 16.4. The fourth-order valence-corrected chi connectivity index (χ4v) is 2.73. The van der Waals surface area contributed by atoms with E-state index in [2.05, 4.69) is 40.7 Å². The second-order valence-corrected chi connectivity index (χ2v) is 6.22. The van der Waals surface area contributed by atoms with E-state index in [1.54, 1.807) is 18.9 Å². The quantitative estimate of drug-likeness (QED) is 0.629. The molecular weight excluding hydrogens is 322 g/mol. The summed E-state index contributed by atoms with van der Waals surface area (Å²) in [4.78, 5) is 7.66. The summed E-state index contributed by atoms with van der Waals surface area (Å²) in [5.74, 6) is 1.31. The van der Waals surface area contributed by atoms with Gasteiger partial charge in [0.1, 0.15) is 5.75 Å². The highest BCUT2D eigenvalue weighted by Crippen LogP contribution is 2.24. The van der Waals surface area contributed by atoms with E-state index in [-0.39, 0.29) is 0 Å². The van der Waals surface area contributed by atoms with Crippen LogP contribution in [0, 0.1) is 0 Å². The van der Waals surface area contributed by atoms with Crippen LogP contribution < -0.4 is 9.64 Å². The molecule has 0 amide bonds. The van der Waals surface area contributed by atoms with Crippen molar-refractivity contribution in [2.24, 2.45) is 0 Å². The van der Waals surface area contributed by atoms with Gasteiger partial charge in [0.15, 0.2) is 0 Å². The topological polar surface area (TPSA) is 51.4 Å². The van der Waals surface area contributed by atoms with Crippen LogP contribution in [0.4, 0.5) is 6.01 Å². The molecule has 0 bridgehead atoms. The first-order valence-corrected chi connectivity index (χ1v) is 8.74. The minimum absolute atomic E-state index is 0.488. The van der Waals surface area contributed by atoms with E-state index < -0.39 is 0 Å². The molecule has 0 radical (unpaired) electrons. The van der Waals surface area contributed by atoms with Crippen LogP contribution in [0.15, 0.2) is 57.9 Å². The van der Waals surface area contributed by atoms with Crippen LogP contribution in [0.3, 0.4) is 0 Å². The molecule has 0 unspecified atom stereocenters. The van der Waals surface area contributed by atoms with E-state index in [1.165, 1.54) is 10.5 Å². The number of aromatic nitrogens is 2. The Kier molecular flexibility index (Phi) is 5.05. The Bertz CT molecular complexity index is 802. The number of hydrogen-bond donors (Lipinski definition) is 0. The van der Waals surface area contributed by atoms with Crippen molar-refractivity contribution in [3.63, 3.8) is 0 Å². The smallest absolute Gasteiger partial charge is 0.324 e. The Labute approximate surface area is 145 Å². The lowest BCUT2D eigenvalue weighted by atomic mass is 10.2. The van der Waals surface area contributed by atoms with Gasteiger partial charge in [-0.2, -0.15) is 4.98 Å². The molecule has 0 aliphatic heterocycles. The van der Waals surface area contributed by atoms with Crippen LogP contribution in [0.25, 0.3) is 11.4 Å². The number of thioether (sulfide) groups is 1. The maximum absolute atomic E-state index is 5.39. The van der Waals surface area contributed by atoms with Gasteiger partial charge < -0.3 is 14.2 Å². The lowest BCUT2D eigenvalue weighted by Crippen LogP contribution is -2.16. The summed E-state index contributed by atoms with van der Waals surface area (Å²) in [6.45, 7) is 0.703. The summed E-state index contributed by atoms with van der Waals surface area (Å²) < 4.78 is 10.6. The van der Waals surface area contributed by atoms with Gasteiger partial charge in [0.2, 0.25) is 5.82 Å². The second-order valence-electron chi connectivity index (χ2n) is 5.34. The minimum atomic E-state index is 0.488. The molecule has 2 aromatic carbocycles. The van der Waals surface area contributed by atoms with Gasteiger partial charge in [0.05, 0.1) is 7.11 Å². The highest BCUT2D eigenvalue weighted by Gasteiger charge is 2.13. The average Bonchev–Trinajstić information content (AvgIpc) is 3.13. The fourth-order valence-electron chi connectivity index (χ4n) is 2.32. The Morgan fingerprint density at radius 2 is 1.96 bits per heavy atom. The Balaban J connectivity index is 1.73. The summed E-state index contributed by atoms with van der Waals surface area (Å²) in [5, 5.41) is 4.07. The van der Waals surface area contributed by atoms with Crippen molar-refractivity contribution in [1.82, 2.24) is 10.1 Å². The standard InChI is InChI=1S/C18H19N3O2S/c1-21(12-13-7-9-16(24-3)10-8-13)18-19-17(20-23-18)14-5-4-6-15(11-14)22-2/h4-11H,12H2,1-3H3. The predicted octanol–water partition coefficient (Wildman–Crippen LogP) is 4.10. The maximum Gasteiger partial charge on any atom is 0.324 e. The highest BCUT2D eigenvalue weighted by atomic mass is 32.2. The number of rotatable bonds is 6. The molecule has 124 valence electrons. The Hall–Kier alpha value is -2.47. The number of ether oxygens (including phenoxy) is 1. The number of anilines is 1. The molecule has 0 atom stereocenters. The van der Waals surface area contributed by atoms with Crippen molar-refractivity contribution >= 4 is 17.8 Å². The van der Waals surface area contributed by atoms with Crippen LogP contribution >= 0.6 is 11.8 Å². The van der Waals surface area contributed by atoms with E-state index in [1.807, 2.05) is 36.2 Å². The number of nitrogens with zero attached hydrogens (tertiary/aromatic N) is 3. The first-order chi connectivity index (χ1) is 11.7. The van der Waals surface area contributed by atoms with E-state index in [0.717, 1.165) is 11.3 Å². The number of methoxy groups -OCH3 is 1. The third kappa shape index (κ3) is 3.71. The van der Waals surface area contributed by atoms with Gasteiger partial charge in [-0.1, -0.05) is 29.4 Å². The average molecular weight is 341 g/mol. The lowest BCUT2D eigenvalue weighted by molar-refractivity contribution is 0.414. The maximum atomic E-state index is 5.39. The van der Waals surface area contributed by atoms with Crippen molar-refractivity contribution in [2.45, 2.75) is 11.4 Å². The van der Waals surface area contributed by atoms with E-state index in [4.69, 9.17) is 9.26 Å². The fraction of sp³-hybridized carbons (Fsp3) is 0.222. The Morgan fingerprint density at radius 3 is 2.67 bits per heavy atom. The molecular formula is C18H19N3O2S.